The summed E-state index contributed by atoms with van der Waals surface area (Å²) < 4.78 is 11.0. The van der Waals surface area contributed by atoms with Gasteiger partial charge in [-0.1, -0.05) is 12.1 Å². The van der Waals surface area contributed by atoms with Crippen LogP contribution in [0.1, 0.15) is 25.3 Å². The van der Waals surface area contributed by atoms with E-state index in [0.717, 1.165) is 5.56 Å². The number of likely N-dealkylation sites (tertiary alicyclic amines) is 1. The van der Waals surface area contributed by atoms with Crippen molar-refractivity contribution in [2.45, 2.75) is 25.8 Å². The van der Waals surface area contributed by atoms with Gasteiger partial charge in [0.2, 0.25) is 0 Å². The van der Waals surface area contributed by atoms with E-state index in [0.29, 0.717) is 29.9 Å². The highest BCUT2D eigenvalue weighted by Crippen LogP contribution is 2.36. The maximum atomic E-state index is 12.8. The summed E-state index contributed by atoms with van der Waals surface area (Å²) in [5.74, 6) is -0.229. The van der Waals surface area contributed by atoms with Crippen molar-refractivity contribution in [2.24, 2.45) is 5.92 Å². The van der Waals surface area contributed by atoms with E-state index in [-0.39, 0.29) is 25.1 Å². The number of para-hydroxylation sites is 1. The van der Waals surface area contributed by atoms with Crippen molar-refractivity contribution < 1.29 is 24.2 Å². The Labute approximate surface area is 140 Å². The van der Waals surface area contributed by atoms with Crippen LogP contribution >= 0.6 is 0 Å². The molecule has 0 aromatic heterocycles. The van der Waals surface area contributed by atoms with Gasteiger partial charge in [0.05, 0.1) is 18.6 Å². The Kier molecular flexibility index (Phi) is 4.46. The first-order valence-corrected chi connectivity index (χ1v) is 8.05. The molecule has 3 rings (SSSR count). The van der Waals surface area contributed by atoms with Crippen LogP contribution in [0, 0.1) is 5.92 Å². The highest BCUT2D eigenvalue weighted by Gasteiger charge is 2.34. The molecule has 2 unspecified atom stereocenters. The molecule has 0 bridgehead atoms. The lowest BCUT2D eigenvalue weighted by Gasteiger charge is -2.37. The molecule has 1 aromatic rings. The standard InChI is InChI=1S/C18H21NO5/c1-11-6-7-13(18(21)22)9-19(11)17(20)14-8-12-4-3-5-15(23-2)16(12)24-10-14/h3-5,8,11,13H,6-7,9-10H2,1-2H3,(H,21,22). The van der Waals surface area contributed by atoms with E-state index >= 15 is 0 Å². The van der Waals surface area contributed by atoms with Gasteiger partial charge < -0.3 is 19.5 Å². The summed E-state index contributed by atoms with van der Waals surface area (Å²) in [4.78, 5) is 25.8. The molecule has 128 valence electrons. The third-order valence-electron chi connectivity index (χ3n) is 4.70. The third-order valence-corrected chi connectivity index (χ3v) is 4.70. The quantitative estimate of drug-likeness (QED) is 0.919. The molecule has 1 aromatic carbocycles. The van der Waals surface area contributed by atoms with Crippen LogP contribution < -0.4 is 9.47 Å². The van der Waals surface area contributed by atoms with Gasteiger partial charge >= 0.3 is 5.97 Å². The van der Waals surface area contributed by atoms with Crippen molar-refractivity contribution in [3.63, 3.8) is 0 Å². The number of carbonyl (C=O) groups excluding carboxylic acids is 1. The Bertz CT molecular complexity index is 697. The molecule has 6 heteroatoms. The van der Waals surface area contributed by atoms with Crippen molar-refractivity contribution in [1.29, 1.82) is 0 Å². The normalized spacial score (nSPS) is 22.9. The molecule has 0 saturated carbocycles. The maximum absolute atomic E-state index is 12.8. The van der Waals surface area contributed by atoms with Gasteiger partial charge in [0.1, 0.15) is 6.61 Å². The molecule has 2 atom stereocenters. The van der Waals surface area contributed by atoms with Crippen molar-refractivity contribution in [3.8, 4) is 11.5 Å². The Morgan fingerprint density at radius 3 is 2.83 bits per heavy atom. The Hall–Kier alpha value is -2.50. The molecule has 0 spiro atoms. The summed E-state index contributed by atoms with van der Waals surface area (Å²) in [5.41, 5.74) is 1.33. The fourth-order valence-electron chi connectivity index (χ4n) is 3.24. The second kappa shape index (κ2) is 6.55. The summed E-state index contributed by atoms with van der Waals surface area (Å²) in [5, 5.41) is 9.23. The molecular formula is C18H21NO5. The average Bonchev–Trinajstić information content (AvgIpc) is 2.60. The lowest BCUT2D eigenvalue weighted by atomic mass is 9.92. The van der Waals surface area contributed by atoms with Crippen LogP contribution in [0.5, 0.6) is 11.5 Å². The Morgan fingerprint density at radius 1 is 1.33 bits per heavy atom. The zero-order valence-corrected chi connectivity index (χ0v) is 13.8. The molecule has 0 radical (unpaired) electrons. The summed E-state index contributed by atoms with van der Waals surface area (Å²) in [6, 6.07) is 5.54. The van der Waals surface area contributed by atoms with Crippen LogP contribution in [0.2, 0.25) is 0 Å². The fraction of sp³-hybridized carbons (Fsp3) is 0.444. The number of rotatable bonds is 3. The van der Waals surface area contributed by atoms with Gasteiger partial charge in [0, 0.05) is 18.2 Å². The first kappa shape index (κ1) is 16.4. The minimum absolute atomic E-state index is 0.0284. The number of carboxylic acids is 1. The van der Waals surface area contributed by atoms with E-state index in [1.54, 1.807) is 18.1 Å². The maximum Gasteiger partial charge on any atom is 0.308 e. The van der Waals surface area contributed by atoms with E-state index in [2.05, 4.69) is 0 Å². The van der Waals surface area contributed by atoms with Crippen LogP contribution in [0.3, 0.4) is 0 Å². The van der Waals surface area contributed by atoms with E-state index in [4.69, 9.17) is 9.47 Å². The molecule has 1 amide bonds. The third kappa shape index (κ3) is 2.96. The van der Waals surface area contributed by atoms with E-state index in [1.807, 2.05) is 25.1 Å². The first-order valence-electron chi connectivity index (χ1n) is 8.05. The predicted octanol–water partition coefficient (Wildman–Crippen LogP) is 2.18. The smallest absolute Gasteiger partial charge is 0.308 e. The number of carbonyl (C=O) groups is 2. The van der Waals surface area contributed by atoms with Crippen molar-refractivity contribution in [3.05, 3.63) is 29.3 Å². The van der Waals surface area contributed by atoms with Gasteiger partial charge in [-0.3, -0.25) is 9.59 Å². The topological polar surface area (TPSA) is 76.1 Å². The number of hydrogen-bond acceptors (Lipinski definition) is 4. The van der Waals surface area contributed by atoms with Crippen LogP contribution in [0.4, 0.5) is 0 Å². The van der Waals surface area contributed by atoms with Gasteiger partial charge in [-0.05, 0) is 31.9 Å². The molecular weight excluding hydrogens is 310 g/mol. The fourth-order valence-corrected chi connectivity index (χ4v) is 3.24. The predicted molar refractivity (Wildman–Crippen MR) is 88.0 cm³/mol. The molecule has 2 heterocycles. The summed E-state index contributed by atoms with van der Waals surface area (Å²) in [6.07, 6.45) is 3.11. The number of methoxy groups -OCH3 is 1. The van der Waals surface area contributed by atoms with E-state index < -0.39 is 11.9 Å². The lowest BCUT2D eigenvalue weighted by molar-refractivity contribution is -0.146. The van der Waals surface area contributed by atoms with E-state index in [9.17, 15) is 14.7 Å². The van der Waals surface area contributed by atoms with Gasteiger partial charge in [-0.25, -0.2) is 0 Å². The lowest BCUT2D eigenvalue weighted by Crippen LogP contribution is -2.48. The van der Waals surface area contributed by atoms with Crippen LogP contribution in [0.15, 0.2) is 23.8 Å². The van der Waals surface area contributed by atoms with Crippen molar-refractivity contribution in [2.75, 3.05) is 20.3 Å². The molecule has 6 nitrogen and oxygen atoms in total. The van der Waals surface area contributed by atoms with Gasteiger partial charge in [-0.2, -0.15) is 0 Å². The number of aliphatic carboxylic acids is 1. The first-order chi connectivity index (χ1) is 11.5. The summed E-state index contributed by atoms with van der Waals surface area (Å²) >= 11 is 0. The number of nitrogens with zero attached hydrogens (tertiary/aromatic N) is 1. The molecule has 2 aliphatic heterocycles. The zero-order valence-electron chi connectivity index (χ0n) is 13.8. The molecule has 1 fully saturated rings. The Morgan fingerprint density at radius 2 is 2.12 bits per heavy atom. The van der Waals surface area contributed by atoms with Crippen molar-refractivity contribution >= 4 is 18.0 Å². The minimum atomic E-state index is -0.844. The summed E-state index contributed by atoms with van der Waals surface area (Å²) in [7, 11) is 1.57. The largest absolute Gasteiger partial charge is 0.493 e. The number of piperidine rings is 1. The van der Waals surface area contributed by atoms with Crippen LogP contribution in [-0.4, -0.2) is 48.2 Å². The number of amides is 1. The molecule has 1 saturated heterocycles. The van der Waals surface area contributed by atoms with E-state index in [1.165, 1.54) is 0 Å². The van der Waals surface area contributed by atoms with Crippen LogP contribution in [0.25, 0.3) is 6.08 Å². The number of ether oxygens (including phenoxy) is 2. The SMILES string of the molecule is COc1cccc2c1OCC(C(=O)N1CC(C(=O)O)CCC1C)=C2. The highest BCUT2D eigenvalue weighted by molar-refractivity contribution is 5.99. The van der Waals surface area contributed by atoms with Gasteiger partial charge in [-0.15, -0.1) is 0 Å². The minimum Gasteiger partial charge on any atom is -0.493 e. The van der Waals surface area contributed by atoms with Crippen molar-refractivity contribution in [1.82, 2.24) is 4.90 Å². The second-order valence-corrected chi connectivity index (χ2v) is 6.26. The monoisotopic (exact) mass is 331 g/mol. The highest BCUT2D eigenvalue weighted by atomic mass is 16.5. The summed E-state index contributed by atoms with van der Waals surface area (Å²) in [6.45, 7) is 2.36. The number of fused-ring (bicyclic) bond motifs is 1. The molecule has 0 aliphatic carbocycles. The molecule has 24 heavy (non-hydrogen) atoms. The molecule has 2 aliphatic rings. The van der Waals surface area contributed by atoms with Crippen LogP contribution in [-0.2, 0) is 9.59 Å². The van der Waals surface area contributed by atoms with Gasteiger partial charge in [0.15, 0.2) is 11.5 Å². The number of carboxylic acid groups (broad SMARTS) is 1. The number of hydrogen-bond donors (Lipinski definition) is 1. The molecule has 1 N–H and O–H groups in total. The van der Waals surface area contributed by atoms with Gasteiger partial charge in [0.25, 0.3) is 5.91 Å². The zero-order chi connectivity index (χ0) is 17.3. The second-order valence-electron chi connectivity index (χ2n) is 6.26. The Balaban J connectivity index is 1.84. The average molecular weight is 331 g/mol. The number of benzene rings is 1.